The predicted octanol–water partition coefficient (Wildman–Crippen LogP) is 4.41. The first kappa shape index (κ1) is 22.2. The van der Waals surface area contributed by atoms with Crippen LogP contribution < -0.4 is 5.32 Å². The molecule has 2 amide bonds. The molecule has 0 saturated carbocycles. The topological polar surface area (TPSA) is 84.9 Å². The number of amides is 2. The van der Waals surface area contributed by atoms with Crippen molar-refractivity contribution in [2.75, 3.05) is 31.3 Å². The van der Waals surface area contributed by atoms with Gasteiger partial charge in [-0.15, -0.1) is 23.1 Å². The van der Waals surface area contributed by atoms with Crippen molar-refractivity contribution in [2.24, 2.45) is 0 Å². The SMILES string of the molecule is CCOC(=O)c1c(NC(=O)c2ccccc2SCC)sc2c1CCN(C(=O)OC)C2. The number of ether oxygens (including phenoxy) is 2. The molecule has 7 nitrogen and oxygen atoms in total. The number of hydrogen-bond donors (Lipinski definition) is 1. The number of anilines is 1. The van der Waals surface area contributed by atoms with Crippen LogP contribution in [0.15, 0.2) is 29.2 Å². The summed E-state index contributed by atoms with van der Waals surface area (Å²) in [5.41, 5.74) is 1.77. The van der Waals surface area contributed by atoms with Crippen LogP contribution in [0.3, 0.4) is 0 Å². The van der Waals surface area contributed by atoms with Crippen LogP contribution in [0, 0.1) is 0 Å². The maximum Gasteiger partial charge on any atom is 0.409 e. The molecule has 0 aliphatic carbocycles. The minimum Gasteiger partial charge on any atom is -0.462 e. The smallest absolute Gasteiger partial charge is 0.409 e. The maximum atomic E-state index is 13.0. The molecular weight excluding hydrogens is 424 g/mol. The summed E-state index contributed by atoms with van der Waals surface area (Å²) in [5.74, 6) is 0.100. The standard InChI is InChI=1S/C21H24N2O5S2/c1-4-28-20(25)17-13-10-11-23(21(26)27-3)12-16(13)30-19(17)22-18(24)14-8-6-7-9-15(14)29-5-2/h6-9H,4-5,10-12H2,1-3H3,(H,22,24). The summed E-state index contributed by atoms with van der Waals surface area (Å²) in [5, 5.41) is 3.36. The molecule has 30 heavy (non-hydrogen) atoms. The molecule has 0 saturated heterocycles. The monoisotopic (exact) mass is 448 g/mol. The van der Waals surface area contributed by atoms with Crippen LogP contribution in [0.4, 0.5) is 9.80 Å². The van der Waals surface area contributed by atoms with E-state index in [0.29, 0.717) is 35.6 Å². The number of nitrogens with zero attached hydrogens (tertiary/aromatic N) is 1. The van der Waals surface area contributed by atoms with Crippen LogP contribution >= 0.6 is 23.1 Å². The van der Waals surface area contributed by atoms with Gasteiger partial charge < -0.3 is 19.7 Å². The first-order valence-electron chi connectivity index (χ1n) is 9.67. The average Bonchev–Trinajstić information content (AvgIpc) is 3.10. The van der Waals surface area contributed by atoms with Gasteiger partial charge in [0.25, 0.3) is 5.91 Å². The van der Waals surface area contributed by atoms with E-state index in [1.54, 1.807) is 29.7 Å². The summed E-state index contributed by atoms with van der Waals surface area (Å²) in [4.78, 5) is 40.9. The number of rotatable bonds is 6. The zero-order chi connectivity index (χ0) is 21.7. The molecule has 9 heteroatoms. The summed E-state index contributed by atoms with van der Waals surface area (Å²) in [6.45, 7) is 4.77. The second-order valence-electron chi connectivity index (χ2n) is 6.45. The first-order valence-corrected chi connectivity index (χ1v) is 11.5. The number of methoxy groups -OCH3 is 1. The molecule has 3 rings (SSSR count). The van der Waals surface area contributed by atoms with Crippen LogP contribution in [-0.4, -0.2) is 48.9 Å². The van der Waals surface area contributed by atoms with Crippen LogP contribution in [-0.2, 0) is 22.4 Å². The molecule has 1 aromatic carbocycles. The van der Waals surface area contributed by atoms with E-state index in [9.17, 15) is 14.4 Å². The minimum atomic E-state index is -0.465. The molecule has 0 bridgehead atoms. The van der Waals surface area contributed by atoms with E-state index in [-0.39, 0.29) is 12.5 Å². The van der Waals surface area contributed by atoms with E-state index in [2.05, 4.69) is 5.32 Å². The third-order valence-corrected chi connectivity index (χ3v) is 6.72. The summed E-state index contributed by atoms with van der Waals surface area (Å²) < 4.78 is 10.1. The Bertz CT molecular complexity index is 957. The largest absolute Gasteiger partial charge is 0.462 e. The lowest BCUT2D eigenvalue weighted by Crippen LogP contribution is -2.35. The van der Waals surface area contributed by atoms with Gasteiger partial charge >= 0.3 is 12.1 Å². The van der Waals surface area contributed by atoms with Crippen molar-refractivity contribution in [2.45, 2.75) is 31.7 Å². The van der Waals surface area contributed by atoms with E-state index >= 15 is 0 Å². The molecule has 0 unspecified atom stereocenters. The van der Waals surface area contributed by atoms with Crippen LogP contribution in [0.25, 0.3) is 0 Å². The lowest BCUT2D eigenvalue weighted by Gasteiger charge is -2.25. The van der Waals surface area contributed by atoms with Crippen molar-refractivity contribution in [3.05, 3.63) is 45.8 Å². The quantitative estimate of drug-likeness (QED) is 0.520. The average molecular weight is 449 g/mol. The molecule has 2 heterocycles. The van der Waals surface area contributed by atoms with Crippen molar-refractivity contribution in [1.82, 2.24) is 4.90 Å². The van der Waals surface area contributed by atoms with Crippen LogP contribution in [0.5, 0.6) is 0 Å². The van der Waals surface area contributed by atoms with E-state index in [1.165, 1.54) is 18.4 Å². The Hall–Kier alpha value is -2.52. The minimum absolute atomic E-state index is 0.237. The number of carbonyl (C=O) groups excluding carboxylic acids is 3. The van der Waals surface area contributed by atoms with Gasteiger partial charge in [-0.25, -0.2) is 9.59 Å². The highest BCUT2D eigenvalue weighted by molar-refractivity contribution is 7.99. The van der Waals surface area contributed by atoms with E-state index in [1.807, 2.05) is 25.1 Å². The van der Waals surface area contributed by atoms with Crippen LogP contribution in [0.1, 0.15) is 45.0 Å². The number of esters is 1. The third kappa shape index (κ3) is 4.62. The second-order valence-corrected chi connectivity index (χ2v) is 8.86. The highest BCUT2D eigenvalue weighted by atomic mass is 32.2. The fraction of sp³-hybridized carbons (Fsp3) is 0.381. The molecule has 0 radical (unpaired) electrons. The first-order chi connectivity index (χ1) is 14.5. The zero-order valence-corrected chi connectivity index (χ0v) is 18.8. The van der Waals surface area contributed by atoms with Gasteiger partial charge in [-0.3, -0.25) is 4.79 Å². The molecule has 0 atom stereocenters. The fourth-order valence-electron chi connectivity index (χ4n) is 3.30. The van der Waals surface area contributed by atoms with Gasteiger partial charge in [0, 0.05) is 16.3 Å². The fourth-order valence-corrected chi connectivity index (χ4v) is 5.35. The summed E-state index contributed by atoms with van der Waals surface area (Å²) in [7, 11) is 1.34. The Balaban J connectivity index is 1.94. The van der Waals surface area contributed by atoms with E-state index in [0.717, 1.165) is 21.1 Å². The number of hydrogen-bond acceptors (Lipinski definition) is 7. The molecule has 1 aliphatic rings. The Labute approximate surface area is 183 Å². The zero-order valence-electron chi connectivity index (χ0n) is 17.1. The number of benzene rings is 1. The molecule has 1 aromatic heterocycles. The molecule has 160 valence electrons. The van der Waals surface area contributed by atoms with Crippen molar-refractivity contribution < 1.29 is 23.9 Å². The van der Waals surface area contributed by atoms with Gasteiger partial charge in [0.15, 0.2) is 0 Å². The number of fused-ring (bicyclic) bond motifs is 1. The Kier molecular flexibility index (Phi) is 7.38. The number of carbonyl (C=O) groups is 3. The van der Waals surface area contributed by atoms with Crippen molar-refractivity contribution in [3.8, 4) is 0 Å². The number of thioether (sulfide) groups is 1. The van der Waals surface area contributed by atoms with Gasteiger partial charge in [0.05, 0.1) is 31.4 Å². The predicted molar refractivity (Wildman–Crippen MR) is 118 cm³/mol. The molecular formula is C21H24N2O5S2. The maximum absolute atomic E-state index is 13.0. The molecule has 1 aliphatic heterocycles. The summed E-state index contributed by atoms with van der Waals surface area (Å²) in [6.07, 6.45) is 0.0792. The Morgan fingerprint density at radius 3 is 2.70 bits per heavy atom. The lowest BCUT2D eigenvalue weighted by molar-refractivity contribution is 0.0526. The summed E-state index contributed by atoms with van der Waals surface area (Å²) >= 11 is 2.89. The highest BCUT2D eigenvalue weighted by Crippen LogP contribution is 2.38. The highest BCUT2D eigenvalue weighted by Gasteiger charge is 2.31. The van der Waals surface area contributed by atoms with Crippen molar-refractivity contribution in [3.63, 3.8) is 0 Å². The molecule has 1 N–H and O–H groups in total. The van der Waals surface area contributed by atoms with Gasteiger partial charge in [0.2, 0.25) is 0 Å². The van der Waals surface area contributed by atoms with E-state index in [4.69, 9.17) is 9.47 Å². The van der Waals surface area contributed by atoms with E-state index < -0.39 is 12.1 Å². The third-order valence-electron chi connectivity index (χ3n) is 4.63. The second kappa shape index (κ2) is 9.99. The van der Waals surface area contributed by atoms with Gasteiger partial charge in [-0.05, 0) is 36.8 Å². The molecule has 0 spiro atoms. The van der Waals surface area contributed by atoms with Crippen LogP contribution in [0.2, 0.25) is 0 Å². The normalized spacial score (nSPS) is 12.8. The van der Waals surface area contributed by atoms with Gasteiger partial charge in [-0.1, -0.05) is 19.1 Å². The van der Waals surface area contributed by atoms with Crippen molar-refractivity contribution >= 4 is 46.1 Å². The van der Waals surface area contributed by atoms with Crippen molar-refractivity contribution in [1.29, 1.82) is 0 Å². The molecule has 2 aromatic rings. The Morgan fingerprint density at radius 2 is 2.00 bits per heavy atom. The number of thiophene rings is 1. The Morgan fingerprint density at radius 1 is 1.23 bits per heavy atom. The van der Waals surface area contributed by atoms with Gasteiger partial charge in [-0.2, -0.15) is 0 Å². The number of nitrogens with one attached hydrogen (secondary N) is 1. The lowest BCUT2D eigenvalue weighted by atomic mass is 10.0. The molecule has 0 fully saturated rings. The van der Waals surface area contributed by atoms with Gasteiger partial charge in [0.1, 0.15) is 5.00 Å². The summed E-state index contributed by atoms with van der Waals surface area (Å²) in [6, 6.07) is 7.38.